The summed E-state index contributed by atoms with van der Waals surface area (Å²) in [6.45, 7) is 3.92. The van der Waals surface area contributed by atoms with Crippen LogP contribution in [-0.4, -0.2) is 35.6 Å². The number of hydrogen-bond donors (Lipinski definition) is 2. The summed E-state index contributed by atoms with van der Waals surface area (Å²) in [4.78, 5) is 18.8. The van der Waals surface area contributed by atoms with Crippen molar-refractivity contribution in [3.05, 3.63) is 46.3 Å². The van der Waals surface area contributed by atoms with Crippen LogP contribution in [0, 0.1) is 0 Å². The van der Waals surface area contributed by atoms with E-state index >= 15 is 0 Å². The molecule has 5 nitrogen and oxygen atoms in total. The van der Waals surface area contributed by atoms with Crippen LogP contribution in [0.25, 0.3) is 0 Å². The molecule has 122 valence electrons. The molecular weight excluding hydrogens is 310 g/mol. The van der Waals surface area contributed by atoms with Crippen molar-refractivity contribution >= 4 is 23.1 Å². The lowest BCUT2D eigenvalue weighted by atomic mass is 9.99. The highest BCUT2D eigenvalue weighted by Crippen LogP contribution is 2.22. The van der Waals surface area contributed by atoms with Crippen LogP contribution >= 0.6 is 11.3 Å². The second kappa shape index (κ2) is 6.68. The van der Waals surface area contributed by atoms with Gasteiger partial charge in [0.1, 0.15) is 11.4 Å². The third-order valence-corrected chi connectivity index (χ3v) is 4.86. The van der Waals surface area contributed by atoms with E-state index in [9.17, 15) is 9.90 Å². The van der Waals surface area contributed by atoms with E-state index in [-0.39, 0.29) is 12.5 Å². The van der Waals surface area contributed by atoms with Gasteiger partial charge >= 0.3 is 0 Å². The lowest BCUT2D eigenvalue weighted by Gasteiger charge is -2.23. The summed E-state index contributed by atoms with van der Waals surface area (Å²) in [6, 6.07) is 5.54. The molecule has 2 N–H and O–H groups in total. The molecule has 1 saturated heterocycles. The van der Waals surface area contributed by atoms with Crippen molar-refractivity contribution in [1.29, 1.82) is 0 Å². The van der Waals surface area contributed by atoms with Crippen molar-refractivity contribution in [2.75, 3.05) is 24.5 Å². The van der Waals surface area contributed by atoms with E-state index in [0.717, 1.165) is 24.5 Å². The van der Waals surface area contributed by atoms with Gasteiger partial charge in [0, 0.05) is 19.3 Å². The molecular formula is C17H21N3O2S. The van der Waals surface area contributed by atoms with Crippen LogP contribution in [0.2, 0.25) is 0 Å². The van der Waals surface area contributed by atoms with E-state index in [0.29, 0.717) is 5.56 Å². The Hall–Kier alpha value is -1.92. The van der Waals surface area contributed by atoms with E-state index in [1.54, 1.807) is 19.2 Å². The lowest BCUT2D eigenvalue weighted by Crippen LogP contribution is -2.38. The van der Waals surface area contributed by atoms with Crippen molar-refractivity contribution in [2.45, 2.75) is 25.4 Å². The number of pyridine rings is 1. The predicted octanol–water partition coefficient (Wildman–Crippen LogP) is 2.38. The molecule has 1 aliphatic heterocycles. The van der Waals surface area contributed by atoms with Gasteiger partial charge in [-0.05, 0) is 54.3 Å². The lowest BCUT2D eigenvalue weighted by molar-refractivity contribution is 0.0530. The van der Waals surface area contributed by atoms with E-state index < -0.39 is 5.60 Å². The number of carbonyl (C=O) groups is 1. The van der Waals surface area contributed by atoms with Crippen molar-refractivity contribution in [3.63, 3.8) is 0 Å². The topological polar surface area (TPSA) is 65.5 Å². The summed E-state index contributed by atoms with van der Waals surface area (Å²) in [5, 5.41) is 17.0. The summed E-state index contributed by atoms with van der Waals surface area (Å²) in [6.07, 6.45) is 3.99. The average molecular weight is 331 g/mol. The van der Waals surface area contributed by atoms with Gasteiger partial charge in [-0.1, -0.05) is 0 Å². The van der Waals surface area contributed by atoms with Crippen LogP contribution < -0.4 is 10.2 Å². The second-order valence-electron chi connectivity index (χ2n) is 6.07. The van der Waals surface area contributed by atoms with Crippen LogP contribution in [0.5, 0.6) is 0 Å². The number of amides is 1. The summed E-state index contributed by atoms with van der Waals surface area (Å²) in [5.41, 5.74) is 0.248. The van der Waals surface area contributed by atoms with Gasteiger partial charge in [0.25, 0.3) is 5.91 Å². The fraction of sp³-hybridized carbons (Fsp3) is 0.412. The number of aliphatic hydroxyl groups is 1. The van der Waals surface area contributed by atoms with Gasteiger partial charge in [0.05, 0.1) is 12.1 Å². The molecule has 2 aromatic heterocycles. The molecule has 0 bridgehead atoms. The van der Waals surface area contributed by atoms with Crippen LogP contribution in [-0.2, 0) is 5.60 Å². The molecule has 3 heterocycles. The summed E-state index contributed by atoms with van der Waals surface area (Å²) in [7, 11) is 0. The third-order valence-electron chi connectivity index (χ3n) is 4.18. The maximum atomic E-state index is 12.2. The van der Waals surface area contributed by atoms with Crippen LogP contribution in [0.4, 0.5) is 5.82 Å². The normalized spacial score (nSPS) is 17.0. The number of anilines is 1. The molecule has 0 saturated carbocycles. The van der Waals surface area contributed by atoms with Crippen LogP contribution in [0.1, 0.15) is 35.7 Å². The Morgan fingerprint density at radius 2 is 2.17 bits per heavy atom. The first-order valence-electron chi connectivity index (χ1n) is 7.80. The first-order chi connectivity index (χ1) is 11.1. The number of hydrogen-bond acceptors (Lipinski definition) is 5. The predicted molar refractivity (Wildman–Crippen MR) is 91.9 cm³/mol. The van der Waals surface area contributed by atoms with E-state index in [1.165, 1.54) is 24.2 Å². The maximum Gasteiger partial charge on any atom is 0.252 e. The highest BCUT2D eigenvalue weighted by molar-refractivity contribution is 7.08. The Balaban J connectivity index is 1.60. The zero-order chi connectivity index (χ0) is 16.3. The SMILES string of the molecule is CC(O)(CNC(=O)c1ccc(N2CCCC2)nc1)c1ccsc1. The van der Waals surface area contributed by atoms with Gasteiger partial charge in [-0.15, -0.1) is 0 Å². The fourth-order valence-corrected chi connectivity index (χ4v) is 3.46. The minimum Gasteiger partial charge on any atom is -0.384 e. The molecule has 6 heteroatoms. The zero-order valence-corrected chi connectivity index (χ0v) is 14.0. The fourth-order valence-electron chi connectivity index (χ4n) is 2.68. The maximum absolute atomic E-state index is 12.2. The Kier molecular flexibility index (Phi) is 4.63. The number of rotatable bonds is 5. The molecule has 1 unspecified atom stereocenters. The van der Waals surface area contributed by atoms with Gasteiger partial charge in [-0.25, -0.2) is 4.98 Å². The molecule has 1 amide bonds. The van der Waals surface area contributed by atoms with Gasteiger partial charge in [0.2, 0.25) is 0 Å². The van der Waals surface area contributed by atoms with Crippen molar-refractivity contribution in [3.8, 4) is 0 Å². The Morgan fingerprint density at radius 1 is 1.39 bits per heavy atom. The van der Waals surface area contributed by atoms with Crippen LogP contribution in [0.3, 0.4) is 0 Å². The molecule has 0 aliphatic carbocycles. The molecule has 0 aromatic carbocycles. The van der Waals surface area contributed by atoms with Crippen LogP contribution in [0.15, 0.2) is 35.2 Å². The Bertz CT molecular complexity index is 647. The van der Waals surface area contributed by atoms with Crippen molar-refractivity contribution in [2.24, 2.45) is 0 Å². The van der Waals surface area contributed by atoms with Gasteiger partial charge < -0.3 is 15.3 Å². The number of nitrogens with zero attached hydrogens (tertiary/aromatic N) is 2. The Morgan fingerprint density at radius 3 is 2.78 bits per heavy atom. The molecule has 0 radical (unpaired) electrons. The van der Waals surface area contributed by atoms with Crippen molar-refractivity contribution < 1.29 is 9.90 Å². The van der Waals surface area contributed by atoms with Gasteiger partial charge in [0.15, 0.2) is 0 Å². The van der Waals surface area contributed by atoms with Crippen molar-refractivity contribution in [1.82, 2.24) is 10.3 Å². The molecule has 23 heavy (non-hydrogen) atoms. The Labute approximate surface area is 140 Å². The molecule has 1 aliphatic rings. The van der Waals surface area contributed by atoms with Gasteiger partial charge in [-0.2, -0.15) is 11.3 Å². The quantitative estimate of drug-likeness (QED) is 0.883. The zero-order valence-electron chi connectivity index (χ0n) is 13.2. The molecule has 0 spiro atoms. The highest BCUT2D eigenvalue weighted by Gasteiger charge is 2.24. The number of aromatic nitrogens is 1. The number of nitrogens with one attached hydrogen (secondary N) is 1. The first kappa shape index (κ1) is 16.0. The first-order valence-corrected chi connectivity index (χ1v) is 8.75. The summed E-state index contributed by atoms with van der Waals surface area (Å²) < 4.78 is 0. The monoisotopic (exact) mass is 331 g/mol. The smallest absolute Gasteiger partial charge is 0.252 e. The minimum atomic E-state index is -1.07. The average Bonchev–Trinajstić information content (AvgIpc) is 3.26. The highest BCUT2D eigenvalue weighted by atomic mass is 32.1. The largest absolute Gasteiger partial charge is 0.384 e. The van der Waals surface area contributed by atoms with E-state index in [1.807, 2.05) is 22.9 Å². The molecule has 3 rings (SSSR count). The van der Waals surface area contributed by atoms with E-state index in [2.05, 4.69) is 15.2 Å². The number of thiophene rings is 1. The summed E-state index contributed by atoms with van der Waals surface area (Å²) in [5.74, 6) is 0.699. The number of carbonyl (C=O) groups excluding carboxylic acids is 1. The molecule has 2 aromatic rings. The van der Waals surface area contributed by atoms with Gasteiger partial charge in [-0.3, -0.25) is 4.79 Å². The minimum absolute atomic E-state index is 0.163. The second-order valence-corrected chi connectivity index (χ2v) is 6.85. The molecule has 1 atom stereocenters. The molecule has 1 fully saturated rings. The standard InChI is InChI=1S/C17H21N3O2S/c1-17(22,14-6-9-23-11-14)12-19-16(21)13-4-5-15(18-10-13)20-7-2-3-8-20/h4-6,9-11,22H,2-3,7-8,12H2,1H3,(H,19,21). The summed E-state index contributed by atoms with van der Waals surface area (Å²) >= 11 is 1.52. The van der Waals surface area contributed by atoms with E-state index in [4.69, 9.17) is 0 Å². The third kappa shape index (κ3) is 3.71.